The Morgan fingerprint density at radius 2 is 0.405 bits per heavy atom. The molecule has 18 nitrogen and oxygen atoms in total. The minimum absolute atomic E-state index is 0. The Bertz CT molecular complexity index is 742. The zero-order chi connectivity index (χ0) is 52.1. The maximum Gasteiger partial charge on any atom is 0.111 e. The molecule has 0 aliphatic heterocycles. The molecule has 0 aromatic rings. The summed E-state index contributed by atoms with van der Waals surface area (Å²) >= 11 is 0. The van der Waals surface area contributed by atoms with E-state index in [1.165, 1.54) is 0 Å². The van der Waals surface area contributed by atoms with Crippen LogP contribution in [0.1, 0.15) is 156 Å². The van der Waals surface area contributed by atoms with Gasteiger partial charge in [0, 0.05) is 144 Å². The van der Waals surface area contributed by atoms with Gasteiger partial charge < -0.3 is 84.5 Å². The van der Waals surface area contributed by atoms with Gasteiger partial charge in [-0.05, 0) is 32.1 Å². The molecule has 0 amide bonds. The van der Waals surface area contributed by atoms with Crippen LogP contribution in [0.4, 0.5) is 0 Å². The molecular weight excluding hydrogens is 1390 g/mol. The van der Waals surface area contributed by atoms with Crippen molar-refractivity contribution < 1.29 is 217 Å². The quantitative estimate of drug-likeness (QED) is 0.0185. The van der Waals surface area contributed by atoms with Gasteiger partial charge in [-0.3, -0.25) is 0 Å². The van der Waals surface area contributed by atoms with Crippen LogP contribution in [0, 0.1) is 27.7 Å². The third-order valence-electron chi connectivity index (χ3n) is 6.92. The van der Waals surface area contributed by atoms with Gasteiger partial charge in [0.15, 0.2) is 0 Å². The van der Waals surface area contributed by atoms with E-state index in [1.807, 2.05) is 20.8 Å². The zero-order valence-electron chi connectivity index (χ0n) is 46.1. The summed E-state index contributed by atoms with van der Waals surface area (Å²) in [6.07, 6.45) is 4.20. The third-order valence-corrected chi connectivity index (χ3v) is 6.92. The Hall–Kier alpha value is 2.92. The average Bonchev–Trinajstić information content (AvgIpc) is 3.38. The summed E-state index contributed by atoms with van der Waals surface area (Å²) in [5.74, 6) is 0. The Morgan fingerprint density at radius 1 is 0.226 bits per heavy atom. The molecule has 0 aromatic heterocycles. The van der Waals surface area contributed by atoms with E-state index in [4.69, 9.17) is 86.2 Å². The molecule has 84 heavy (non-hydrogen) atoms. The molecule has 0 aliphatic carbocycles. The van der Waals surface area contributed by atoms with Gasteiger partial charge in [0.05, 0.1) is 119 Å². The summed E-state index contributed by atoms with van der Waals surface area (Å²) in [6, 6.07) is 0. The number of rotatable bonds is 50. The number of ether oxygens (including phenoxy) is 12. The molecule has 0 aromatic carbocycles. The molecule has 0 spiro atoms. The fraction of sp³-hybridized carbons (Fsp3) is 0.839. The van der Waals surface area contributed by atoms with E-state index in [9.17, 15) is 0 Å². The first-order valence-corrected chi connectivity index (χ1v) is 24.0. The monoisotopic (exact) mass is 1540 g/mol. The van der Waals surface area contributed by atoms with Crippen molar-refractivity contribution in [2.75, 3.05) is 178 Å². The van der Waals surface area contributed by atoms with E-state index < -0.39 is 0 Å². The first-order valence-electron chi connectivity index (χ1n) is 24.0. The van der Waals surface area contributed by atoms with Crippen LogP contribution in [-0.2, 0) is 217 Å². The number of hydrogen-bond donors (Lipinski definition) is 0. The fourth-order valence-electron chi connectivity index (χ4n) is 3.95. The molecule has 0 saturated carbocycles. The summed E-state index contributed by atoms with van der Waals surface area (Å²) in [5.41, 5.74) is 0. The van der Waals surface area contributed by atoms with Gasteiger partial charge in [0.1, 0.15) is 38.1 Å². The van der Waals surface area contributed by atoms with E-state index in [-0.39, 0.29) is 238 Å². The predicted molar refractivity (Wildman–Crippen MR) is 350 cm³/mol. The van der Waals surface area contributed by atoms with Crippen molar-refractivity contribution in [3.05, 3.63) is 67.2 Å². The molecular formula is C62H150O18Y4-4. The third kappa shape index (κ3) is 156. The molecule has 0 saturated heterocycles. The molecule has 3 atom stereocenters. The van der Waals surface area contributed by atoms with Gasteiger partial charge in [-0.2, -0.15) is 0 Å². The van der Waals surface area contributed by atoms with Crippen LogP contribution in [0.3, 0.4) is 0 Å². The first-order chi connectivity index (χ1) is 33.5. The minimum atomic E-state index is -0.194. The van der Waals surface area contributed by atoms with Crippen molar-refractivity contribution >= 4 is 0 Å². The molecule has 22 heteroatoms. The Kier molecular flexibility index (Phi) is 293. The van der Waals surface area contributed by atoms with E-state index in [1.54, 1.807) is 0 Å². The van der Waals surface area contributed by atoms with E-state index in [0.29, 0.717) is 165 Å². The molecule has 522 valence electrons. The summed E-state index contributed by atoms with van der Waals surface area (Å²) < 4.78 is 64.5. The summed E-state index contributed by atoms with van der Waals surface area (Å²) in [4.78, 5) is 30.2. The first kappa shape index (κ1) is 152. The largest absolute Gasteiger partial charge is 0.411 e. The van der Waals surface area contributed by atoms with Crippen LogP contribution in [0.25, 0.3) is 0 Å². The van der Waals surface area contributed by atoms with Crippen molar-refractivity contribution in [3.8, 4) is 0 Å². The maximum absolute atomic E-state index is 5.63. The molecule has 0 heterocycles. The van der Waals surface area contributed by atoms with E-state index >= 15 is 0 Å². The van der Waals surface area contributed by atoms with Crippen LogP contribution >= 0.6 is 0 Å². The topological polar surface area (TPSA) is 166 Å². The summed E-state index contributed by atoms with van der Waals surface area (Å²) in [6.45, 7) is 56.1. The van der Waals surface area contributed by atoms with Crippen LogP contribution in [-0.4, -0.2) is 197 Å². The summed E-state index contributed by atoms with van der Waals surface area (Å²) in [7, 11) is 0. The van der Waals surface area contributed by atoms with Gasteiger partial charge >= 0.3 is 0 Å². The predicted octanol–water partition coefficient (Wildman–Crippen LogP) is 15.5. The van der Waals surface area contributed by atoms with Gasteiger partial charge in [0.25, 0.3) is 0 Å². The van der Waals surface area contributed by atoms with Gasteiger partial charge in [-0.15, -0.1) is 39.5 Å². The van der Waals surface area contributed by atoms with Gasteiger partial charge in [0.2, 0.25) is 0 Å². The van der Waals surface area contributed by atoms with E-state index in [0.717, 1.165) is 45.3 Å². The molecule has 4 radical (unpaired) electrons. The van der Waals surface area contributed by atoms with Crippen LogP contribution < -0.4 is 0 Å². The van der Waals surface area contributed by atoms with Crippen molar-refractivity contribution in [2.24, 2.45) is 0 Å². The number of hydrogen-bond acceptors (Lipinski definition) is 18. The second kappa shape index (κ2) is 162. The Morgan fingerprint density at radius 3 is 0.595 bits per heavy atom. The summed E-state index contributed by atoms with van der Waals surface area (Å²) in [5, 5.41) is 0. The maximum atomic E-state index is 5.63. The average molecular weight is 1540 g/mol. The second-order valence-corrected chi connectivity index (χ2v) is 12.7. The molecule has 0 bridgehead atoms. The SMILES string of the molecule is C.C.C.C.C.C.C.C.C.C.C.C.C=C.C=C.C=C.[CH2-]COCCOC(COCCOCCC)COOCCC.[CH2-]COCCOC(COCCOCCC)COOCCC.[CH2-]COCCOCC(COOCCC)OCCOC[CH2-].[Y].[Y].[Y].[Y]. The van der Waals surface area contributed by atoms with E-state index in [2.05, 4.69) is 81.0 Å². The van der Waals surface area contributed by atoms with Crippen LogP contribution in [0.2, 0.25) is 0 Å². The van der Waals surface area contributed by atoms with Gasteiger partial charge in [-0.25, -0.2) is 29.3 Å². The van der Waals surface area contributed by atoms with Gasteiger partial charge in [-0.1, -0.05) is 150 Å². The van der Waals surface area contributed by atoms with Crippen molar-refractivity contribution in [1.82, 2.24) is 0 Å². The molecule has 0 aliphatic rings. The fourth-order valence-corrected chi connectivity index (χ4v) is 3.95. The Labute approximate surface area is 629 Å². The molecule has 0 N–H and O–H groups in total. The van der Waals surface area contributed by atoms with Crippen LogP contribution in [0.15, 0.2) is 39.5 Å². The van der Waals surface area contributed by atoms with Crippen molar-refractivity contribution in [3.63, 3.8) is 0 Å². The minimum Gasteiger partial charge on any atom is -0.411 e. The smallest absolute Gasteiger partial charge is 0.111 e. The standard InChI is InChI=1S/2C15H31O6.C14H28O6.3C2H4.12CH4.4Y/c2*1-4-7-17-9-10-18-13-15(14-21-20-8-5-2)19-12-11-16-6-3;1-4-7-19-20-13-14(18-11-10-16-6-3)12-17-9-8-15-5-2;3*1-2;;;;;;;;;;;;;;;;/h2*15H,3-14H2,1-2H3;14H,2-13H2,1H3;3*1-2H2;12*1H4;;;;/q2*-1;-2;;;;;;;;;;;;;;;;;;;. The molecule has 0 fully saturated rings. The Balaban J connectivity index is -0.0000000300. The normalized spacial score (nSPS) is 9.54. The van der Waals surface area contributed by atoms with Crippen LogP contribution in [0.5, 0.6) is 0 Å². The zero-order valence-corrected chi connectivity index (χ0v) is 57.4. The molecule has 0 rings (SSSR count). The second-order valence-electron chi connectivity index (χ2n) is 12.7. The van der Waals surface area contributed by atoms with Crippen molar-refractivity contribution in [1.29, 1.82) is 0 Å². The van der Waals surface area contributed by atoms with Crippen molar-refractivity contribution in [2.45, 2.75) is 174 Å². The molecule has 3 unspecified atom stereocenters.